The van der Waals surface area contributed by atoms with E-state index in [1.54, 1.807) is 0 Å². The zero-order chi connectivity index (χ0) is 13.0. The van der Waals surface area contributed by atoms with E-state index in [2.05, 4.69) is 31.0 Å². The van der Waals surface area contributed by atoms with Crippen LogP contribution in [-0.4, -0.2) is 49.8 Å². The molecule has 0 saturated carbocycles. The van der Waals surface area contributed by atoms with Gasteiger partial charge in [0.1, 0.15) is 0 Å². The van der Waals surface area contributed by atoms with Crippen LogP contribution in [0.3, 0.4) is 0 Å². The van der Waals surface area contributed by atoms with E-state index in [9.17, 15) is 0 Å². The van der Waals surface area contributed by atoms with Gasteiger partial charge in [-0.25, -0.2) is 0 Å². The Morgan fingerprint density at radius 3 is 2.83 bits per heavy atom. The molecule has 3 nitrogen and oxygen atoms in total. The molecule has 18 heavy (non-hydrogen) atoms. The summed E-state index contributed by atoms with van der Waals surface area (Å²) in [6.45, 7) is 12.6. The Bertz CT molecular complexity index is 239. The lowest BCUT2D eigenvalue weighted by Crippen LogP contribution is -2.59. The van der Waals surface area contributed by atoms with E-state index in [0.29, 0.717) is 12.1 Å². The van der Waals surface area contributed by atoms with Gasteiger partial charge in [-0.2, -0.15) is 0 Å². The molecule has 0 aromatic carbocycles. The molecule has 0 radical (unpaired) electrons. The maximum atomic E-state index is 5.63. The highest BCUT2D eigenvalue weighted by Crippen LogP contribution is 2.21. The number of hydrogen-bond donors (Lipinski definition) is 1. The molecule has 2 aliphatic heterocycles. The second-order valence-corrected chi connectivity index (χ2v) is 6.36. The third-order valence-electron chi connectivity index (χ3n) is 4.55. The van der Waals surface area contributed by atoms with Crippen molar-refractivity contribution in [3.8, 4) is 0 Å². The minimum atomic E-state index is 0.685. The van der Waals surface area contributed by atoms with Crippen molar-refractivity contribution >= 4 is 0 Å². The van der Waals surface area contributed by atoms with Gasteiger partial charge in [-0.3, -0.25) is 4.90 Å². The molecule has 1 N–H and O–H groups in total. The van der Waals surface area contributed by atoms with Gasteiger partial charge < -0.3 is 10.1 Å². The molecule has 0 bridgehead atoms. The summed E-state index contributed by atoms with van der Waals surface area (Å²) < 4.78 is 5.63. The van der Waals surface area contributed by atoms with Gasteiger partial charge >= 0.3 is 0 Å². The summed E-state index contributed by atoms with van der Waals surface area (Å²) in [5, 5.41) is 3.69. The Balaban J connectivity index is 1.91. The third kappa shape index (κ3) is 3.69. The molecule has 0 spiro atoms. The Hall–Kier alpha value is -0.120. The summed E-state index contributed by atoms with van der Waals surface area (Å²) in [6, 6.07) is 1.39. The number of hydrogen-bond acceptors (Lipinski definition) is 3. The zero-order valence-corrected chi connectivity index (χ0v) is 12.3. The van der Waals surface area contributed by atoms with Crippen molar-refractivity contribution in [3.05, 3.63) is 0 Å². The third-order valence-corrected chi connectivity index (χ3v) is 4.55. The van der Waals surface area contributed by atoms with Crippen LogP contribution in [0.15, 0.2) is 0 Å². The molecular weight excluding hydrogens is 224 g/mol. The van der Waals surface area contributed by atoms with Crippen molar-refractivity contribution in [1.29, 1.82) is 0 Å². The van der Waals surface area contributed by atoms with Gasteiger partial charge in [0.05, 0.1) is 6.61 Å². The van der Waals surface area contributed by atoms with Crippen LogP contribution in [0, 0.1) is 11.8 Å². The van der Waals surface area contributed by atoms with Gasteiger partial charge in [0.15, 0.2) is 0 Å². The maximum Gasteiger partial charge on any atom is 0.0506 e. The van der Waals surface area contributed by atoms with E-state index in [1.807, 2.05) is 0 Å². The van der Waals surface area contributed by atoms with E-state index >= 15 is 0 Å². The summed E-state index contributed by atoms with van der Waals surface area (Å²) >= 11 is 0. The van der Waals surface area contributed by atoms with Crippen LogP contribution < -0.4 is 5.32 Å². The first-order valence-corrected chi connectivity index (χ1v) is 7.75. The van der Waals surface area contributed by atoms with Crippen LogP contribution >= 0.6 is 0 Å². The van der Waals surface area contributed by atoms with Gasteiger partial charge in [0, 0.05) is 38.3 Å². The largest absolute Gasteiger partial charge is 0.381 e. The molecule has 2 rings (SSSR count). The van der Waals surface area contributed by atoms with Gasteiger partial charge in [0.25, 0.3) is 0 Å². The number of rotatable bonds is 4. The molecule has 0 aromatic rings. The lowest BCUT2D eigenvalue weighted by molar-refractivity contribution is 0.0141. The monoisotopic (exact) mass is 254 g/mol. The van der Waals surface area contributed by atoms with Crippen molar-refractivity contribution in [1.82, 2.24) is 10.2 Å². The van der Waals surface area contributed by atoms with Crippen molar-refractivity contribution in [2.24, 2.45) is 11.8 Å². The molecule has 2 aliphatic rings. The molecule has 2 saturated heterocycles. The first-order valence-electron chi connectivity index (χ1n) is 7.75. The normalized spacial score (nSPS) is 35.0. The van der Waals surface area contributed by atoms with E-state index in [1.165, 1.54) is 32.4 Å². The first kappa shape index (κ1) is 14.3. The summed E-state index contributed by atoms with van der Waals surface area (Å²) in [4.78, 5) is 2.73. The standard InChI is InChI=1S/C15H30N2O/c1-4-14-10-17(15(8-16-14)12(2)3)9-13-6-5-7-18-11-13/h12-16H,4-11H2,1-3H3. The Kier molecular flexibility index (Phi) is 5.46. The van der Waals surface area contributed by atoms with Crippen LogP contribution in [0.5, 0.6) is 0 Å². The van der Waals surface area contributed by atoms with Crippen LogP contribution in [0.4, 0.5) is 0 Å². The highest BCUT2D eigenvalue weighted by Gasteiger charge is 2.30. The SMILES string of the molecule is CCC1CN(CC2CCCOC2)C(C(C)C)CN1. The molecule has 3 heteroatoms. The second-order valence-electron chi connectivity index (χ2n) is 6.36. The van der Waals surface area contributed by atoms with Crippen LogP contribution in [0.25, 0.3) is 0 Å². The summed E-state index contributed by atoms with van der Waals surface area (Å²) in [7, 11) is 0. The van der Waals surface area contributed by atoms with Gasteiger partial charge in [-0.05, 0) is 31.1 Å². The maximum absolute atomic E-state index is 5.63. The fourth-order valence-electron chi connectivity index (χ4n) is 3.32. The fourth-order valence-corrected chi connectivity index (χ4v) is 3.32. The van der Waals surface area contributed by atoms with E-state index in [4.69, 9.17) is 4.74 Å². The van der Waals surface area contributed by atoms with E-state index in [-0.39, 0.29) is 0 Å². The Labute approximate surface area is 112 Å². The molecule has 0 aromatic heterocycles. The quantitative estimate of drug-likeness (QED) is 0.832. The average Bonchev–Trinajstić information content (AvgIpc) is 2.39. The van der Waals surface area contributed by atoms with E-state index in [0.717, 1.165) is 31.6 Å². The van der Waals surface area contributed by atoms with Crippen LogP contribution in [0.1, 0.15) is 40.0 Å². The number of piperazine rings is 1. The van der Waals surface area contributed by atoms with Gasteiger partial charge in [0.2, 0.25) is 0 Å². The lowest BCUT2D eigenvalue weighted by atomic mass is 9.94. The molecule has 2 heterocycles. The molecule has 3 atom stereocenters. The predicted molar refractivity (Wildman–Crippen MR) is 75.8 cm³/mol. The van der Waals surface area contributed by atoms with Crippen molar-refractivity contribution in [2.45, 2.75) is 52.1 Å². The molecule has 2 fully saturated rings. The van der Waals surface area contributed by atoms with Crippen molar-refractivity contribution < 1.29 is 4.74 Å². The highest BCUT2D eigenvalue weighted by atomic mass is 16.5. The molecule has 106 valence electrons. The summed E-state index contributed by atoms with van der Waals surface area (Å²) in [5.74, 6) is 1.50. The lowest BCUT2D eigenvalue weighted by Gasteiger charge is -2.44. The first-order chi connectivity index (χ1) is 8.70. The Morgan fingerprint density at radius 2 is 2.22 bits per heavy atom. The minimum absolute atomic E-state index is 0.685. The Morgan fingerprint density at radius 1 is 1.39 bits per heavy atom. The number of nitrogens with zero attached hydrogens (tertiary/aromatic N) is 1. The minimum Gasteiger partial charge on any atom is -0.381 e. The highest BCUT2D eigenvalue weighted by molar-refractivity contribution is 4.88. The second kappa shape index (κ2) is 6.88. The summed E-state index contributed by atoms with van der Waals surface area (Å²) in [5.41, 5.74) is 0. The van der Waals surface area contributed by atoms with Crippen LogP contribution in [0.2, 0.25) is 0 Å². The van der Waals surface area contributed by atoms with Crippen LogP contribution in [-0.2, 0) is 4.74 Å². The topological polar surface area (TPSA) is 24.5 Å². The molecule has 3 unspecified atom stereocenters. The molecule has 0 aliphatic carbocycles. The van der Waals surface area contributed by atoms with Crippen molar-refractivity contribution in [2.75, 3.05) is 32.8 Å². The average molecular weight is 254 g/mol. The molecule has 0 amide bonds. The van der Waals surface area contributed by atoms with E-state index < -0.39 is 0 Å². The fraction of sp³-hybridized carbons (Fsp3) is 1.00. The van der Waals surface area contributed by atoms with Gasteiger partial charge in [-0.15, -0.1) is 0 Å². The summed E-state index contributed by atoms with van der Waals surface area (Å²) in [6.07, 6.45) is 3.84. The van der Waals surface area contributed by atoms with Crippen molar-refractivity contribution in [3.63, 3.8) is 0 Å². The predicted octanol–water partition coefficient (Wildman–Crippen LogP) is 2.12. The molecular formula is C15H30N2O. The van der Waals surface area contributed by atoms with Gasteiger partial charge in [-0.1, -0.05) is 20.8 Å². The smallest absolute Gasteiger partial charge is 0.0506 e. The zero-order valence-electron chi connectivity index (χ0n) is 12.3. The number of nitrogens with one attached hydrogen (secondary N) is 1. The number of ether oxygens (including phenoxy) is 1.